The first-order valence-electron chi connectivity index (χ1n) is 18.8. The second-order valence-corrected chi connectivity index (χ2v) is 15.0. The molecule has 1 aromatic heterocycles. The van der Waals surface area contributed by atoms with Crippen molar-refractivity contribution in [3.8, 4) is 6.07 Å². The van der Waals surface area contributed by atoms with Gasteiger partial charge in [-0.05, 0) is 95.6 Å². The van der Waals surface area contributed by atoms with E-state index in [0.717, 1.165) is 78.2 Å². The minimum absolute atomic E-state index is 0.0521. The van der Waals surface area contributed by atoms with Gasteiger partial charge in [0.05, 0.1) is 22.3 Å². The number of rotatable bonds is 10. The van der Waals surface area contributed by atoms with Crippen molar-refractivity contribution in [2.45, 2.75) is 12.5 Å². The van der Waals surface area contributed by atoms with E-state index in [0.29, 0.717) is 4.88 Å². The number of fused-ring (bicyclic) bond motifs is 2. The highest BCUT2D eigenvalue weighted by molar-refractivity contribution is 7.14. The molecule has 0 saturated carbocycles. The van der Waals surface area contributed by atoms with Gasteiger partial charge in [-0.2, -0.15) is 5.26 Å². The third-order valence-electron chi connectivity index (χ3n) is 10.3. The number of anilines is 6. The van der Waals surface area contributed by atoms with Crippen LogP contribution in [-0.4, -0.2) is 11.1 Å². The number of hydrogen-bond acceptors (Lipinski definition) is 6. The largest absolute Gasteiger partial charge is 0.477 e. The van der Waals surface area contributed by atoms with Gasteiger partial charge in [-0.15, -0.1) is 11.3 Å². The molecule has 274 valence electrons. The number of nitrogens with zero attached hydrogens (tertiary/aromatic N) is 3. The van der Waals surface area contributed by atoms with E-state index in [2.05, 4.69) is 185 Å². The summed E-state index contributed by atoms with van der Waals surface area (Å²) in [4.78, 5) is 17.9. The molecule has 1 aliphatic heterocycles. The Bertz CT molecular complexity index is 2720. The van der Waals surface area contributed by atoms with Crippen LogP contribution in [0.3, 0.4) is 0 Å². The second kappa shape index (κ2) is 15.4. The fourth-order valence-electron chi connectivity index (χ4n) is 7.68. The van der Waals surface area contributed by atoms with Crippen molar-refractivity contribution in [2.75, 3.05) is 9.80 Å². The van der Waals surface area contributed by atoms with Crippen LogP contribution in [0, 0.1) is 11.3 Å². The Balaban J connectivity index is 1.22. The topological polar surface area (TPSA) is 79.6 Å². The van der Waals surface area contributed by atoms with Crippen molar-refractivity contribution >= 4 is 84.7 Å². The molecular formula is C50H36N4O2S. The SMILES string of the molecule is N#C/C(=C/c1ccc(C2=CCC(c3cc(N(c4ccccc4)c4cccc5ccccc45)cc(N(c4ccccc4)c4cccc5ccccc45)c3)N2)s1)C(=O)O. The van der Waals surface area contributed by atoms with Crippen LogP contribution in [0.2, 0.25) is 0 Å². The Morgan fingerprint density at radius 1 is 0.649 bits per heavy atom. The lowest BCUT2D eigenvalue weighted by molar-refractivity contribution is -0.132. The van der Waals surface area contributed by atoms with Crippen molar-refractivity contribution < 1.29 is 9.90 Å². The Morgan fingerprint density at radius 2 is 1.18 bits per heavy atom. The number of aliphatic carboxylic acids is 1. The molecule has 0 amide bonds. The molecule has 0 spiro atoms. The van der Waals surface area contributed by atoms with Crippen LogP contribution in [0.25, 0.3) is 33.3 Å². The first-order valence-corrected chi connectivity index (χ1v) is 19.6. The van der Waals surface area contributed by atoms with Crippen LogP contribution in [0.4, 0.5) is 34.1 Å². The van der Waals surface area contributed by atoms with Crippen molar-refractivity contribution in [1.82, 2.24) is 5.32 Å². The maximum atomic E-state index is 11.5. The normalized spacial score (nSPS) is 13.8. The lowest BCUT2D eigenvalue weighted by Gasteiger charge is -2.32. The number of carboxylic acids is 1. The van der Waals surface area contributed by atoms with Gasteiger partial charge in [-0.1, -0.05) is 115 Å². The molecule has 9 rings (SSSR count). The number of nitrogens with one attached hydrogen (secondary N) is 1. The van der Waals surface area contributed by atoms with Gasteiger partial charge in [-0.25, -0.2) is 4.79 Å². The van der Waals surface area contributed by atoms with E-state index >= 15 is 0 Å². The van der Waals surface area contributed by atoms with Gasteiger partial charge in [0.15, 0.2) is 0 Å². The predicted molar refractivity (Wildman–Crippen MR) is 235 cm³/mol. The van der Waals surface area contributed by atoms with Gasteiger partial charge < -0.3 is 20.2 Å². The monoisotopic (exact) mass is 756 g/mol. The summed E-state index contributed by atoms with van der Waals surface area (Å²) in [6, 6.07) is 63.5. The fraction of sp³-hybridized carbons (Fsp3) is 0.0400. The molecule has 2 N–H and O–H groups in total. The second-order valence-electron chi connectivity index (χ2n) is 13.8. The molecule has 7 heteroatoms. The van der Waals surface area contributed by atoms with Crippen LogP contribution in [-0.2, 0) is 4.79 Å². The Kier molecular flexibility index (Phi) is 9.53. The van der Waals surface area contributed by atoms with E-state index in [1.165, 1.54) is 17.4 Å². The number of nitriles is 1. The molecule has 0 saturated heterocycles. The van der Waals surface area contributed by atoms with Crippen LogP contribution in [0.15, 0.2) is 188 Å². The summed E-state index contributed by atoms with van der Waals surface area (Å²) in [6.07, 6.45) is 4.38. The zero-order valence-corrected chi connectivity index (χ0v) is 31.6. The molecule has 0 aliphatic carbocycles. The molecule has 0 radical (unpaired) electrons. The van der Waals surface area contributed by atoms with Crippen molar-refractivity contribution in [3.63, 3.8) is 0 Å². The zero-order chi connectivity index (χ0) is 38.7. The summed E-state index contributed by atoms with van der Waals surface area (Å²) in [6.45, 7) is 0. The third-order valence-corrected chi connectivity index (χ3v) is 11.4. The maximum Gasteiger partial charge on any atom is 0.346 e. The first kappa shape index (κ1) is 35.3. The minimum atomic E-state index is -1.23. The molecular weight excluding hydrogens is 721 g/mol. The van der Waals surface area contributed by atoms with Gasteiger partial charge in [0.1, 0.15) is 11.6 Å². The van der Waals surface area contributed by atoms with Crippen molar-refractivity contribution in [2.24, 2.45) is 0 Å². The van der Waals surface area contributed by atoms with Gasteiger partial charge >= 0.3 is 5.97 Å². The van der Waals surface area contributed by atoms with Crippen LogP contribution < -0.4 is 15.1 Å². The van der Waals surface area contributed by atoms with Crippen molar-refractivity contribution in [3.05, 3.63) is 203 Å². The van der Waals surface area contributed by atoms with E-state index in [9.17, 15) is 15.2 Å². The molecule has 7 aromatic carbocycles. The smallest absolute Gasteiger partial charge is 0.346 e. The third kappa shape index (κ3) is 7.02. The Labute approximate surface area is 335 Å². The van der Waals surface area contributed by atoms with Crippen LogP contribution in [0.5, 0.6) is 0 Å². The predicted octanol–water partition coefficient (Wildman–Crippen LogP) is 13.1. The number of benzene rings is 7. The number of hydrogen-bond donors (Lipinski definition) is 2. The lowest BCUT2D eigenvalue weighted by atomic mass is 10.00. The van der Waals surface area contributed by atoms with Crippen molar-refractivity contribution in [1.29, 1.82) is 5.26 Å². The molecule has 1 aliphatic rings. The highest BCUT2D eigenvalue weighted by Gasteiger charge is 2.26. The number of thiophene rings is 1. The summed E-state index contributed by atoms with van der Waals surface area (Å²) in [5, 5.41) is 27.2. The molecule has 0 bridgehead atoms. The standard InChI is InChI=1S/C50H36N4O2S/c51-33-37(50(55)56)31-42-25-28-49(57-42)46-27-26-45(52-46)36-29-40(53(38-17-3-1-4-18-38)47-23-11-15-34-13-7-9-21-43(34)47)32-41(30-36)54(39-19-5-2-6-20-39)48-24-12-16-35-14-8-10-22-44(35)48/h1-25,27-32,45,52H,26H2,(H,55,56)/b37-31-. The molecule has 57 heavy (non-hydrogen) atoms. The quantitative estimate of drug-likeness (QED) is 0.107. The van der Waals surface area contributed by atoms with Gasteiger partial charge in [0.2, 0.25) is 0 Å². The van der Waals surface area contributed by atoms with E-state index in [4.69, 9.17) is 0 Å². The molecule has 0 fully saturated rings. The fourth-order valence-corrected chi connectivity index (χ4v) is 8.64. The summed E-state index contributed by atoms with van der Waals surface area (Å²) < 4.78 is 0. The summed E-state index contributed by atoms with van der Waals surface area (Å²) in [5.74, 6) is -1.23. The van der Waals surface area contributed by atoms with E-state index in [-0.39, 0.29) is 11.6 Å². The number of para-hydroxylation sites is 2. The molecule has 6 nitrogen and oxygen atoms in total. The van der Waals surface area contributed by atoms with Crippen LogP contribution in [0.1, 0.15) is 27.8 Å². The van der Waals surface area contributed by atoms with Crippen LogP contribution >= 0.6 is 11.3 Å². The minimum Gasteiger partial charge on any atom is -0.477 e. The summed E-state index contributed by atoms with van der Waals surface area (Å²) in [7, 11) is 0. The molecule has 2 heterocycles. The molecule has 1 atom stereocenters. The van der Waals surface area contributed by atoms with E-state index in [1.54, 1.807) is 6.07 Å². The average Bonchev–Trinajstić information content (AvgIpc) is 3.95. The zero-order valence-electron chi connectivity index (χ0n) is 30.8. The number of carbonyl (C=O) groups is 1. The van der Waals surface area contributed by atoms with Gasteiger partial charge in [0, 0.05) is 44.1 Å². The Morgan fingerprint density at radius 3 is 1.72 bits per heavy atom. The van der Waals surface area contributed by atoms with E-state index in [1.807, 2.05) is 12.1 Å². The highest BCUT2D eigenvalue weighted by Crippen LogP contribution is 2.46. The average molecular weight is 757 g/mol. The van der Waals surface area contributed by atoms with Gasteiger partial charge in [-0.3, -0.25) is 0 Å². The summed E-state index contributed by atoms with van der Waals surface area (Å²) in [5.41, 5.74) is 8.09. The van der Waals surface area contributed by atoms with E-state index < -0.39 is 5.97 Å². The lowest BCUT2D eigenvalue weighted by Crippen LogP contribution is -2.18. The van der Waals surface area contributed by atoms with Gasteiger partial charge in [0.25, 0.3) is 0 Å². The molecule has 8 aromatic rings. The number of carboxylic acid groups (broad SMARTS) is 1. The summed E-state index contributed by atoms with van der Waals surface area (Å²) >= 11 is 1.46. The Hall–Kier alpha value is -7.40. The maximum absolute atomic E-state index is 11.5. The first-order chi connectivity index (χ1) is 28.0. The highest BCUT2D eigenvalue weighted by atomic mass is 32.1. The molecule has 1 unspecified atom stereocenters.